The van der Waals surface area contributed by atoms with Crippen LogP contribution in [0.15, 0.2) is 64.4 Å². The highest BCUT2D eigenvalue weighted by Gasteiger charge is 2.27. The van der Waals surface area contributed by atoms with Crippen molar-refractivity contribution in [1.29, 1.82) is 0 Å². The van der Waals surface area contributed by atoms with Gasteiger partial charge in [-0.05, 0) is 61.4 Å². The number of aromatic nitrogens is 1. The molecule has 4 rings (SSSR count). The number of benzene rings is 2. The normalized spacial score (nSPS) is 14.5. The number of carbonyl (C=O) groups excluding carboxylic acids is 2. The van der Waals surface area contributed by atoms with Crippen LogP contribution < -0.4 is 10.6 Å². The molecule has 1 saturated heterocycles. The number of nitrogens with one attached hydrogen (secondary N) is 2. The summed E-state index contributed by atoms with van der Waals surface area (Å²) in [5.74, 6) is -0.812. The van der Waals surface area contributed by atoms with Crippen LogP contribution in [0.25, 0.3) is 11.1 Å². The van der Waals surface area contributed by atoms with E-state index in [2.05, 4.69) is 22.2 Å². The van der Waals surface area contributed by atoms with Gasteiger partial charge in [-0.1, -0.05) is 6.58 Å². The number of nitrogens with zero attached hydrogens (tertiary/aromatic N) is 2. The third kappa shape index (κ3) is 4.35. The first kappa shape index (κ1) is 20.8. The number of oxazole rings is 1. The number of amides is 2. The van der Waals surface area contributed by atoms with Crippen LogP contribution in [-0.2, 0) is 14.8 Å². The lowest BCUT2D eigenvalue weighted by Gasteiger charge is -2.14. The molecule has 3 aromatic rings. The standard InChI is InChI=1S/C21H20N4O5S/c1-2-19(26)22-15-7-5-14(6-8-15)20(27)24-21-23-17-13-16(9-10-18(17)30-21)31(28,29)25-11-3-4-12-25/h2,5-10,13H,1,3-4,11-12H2,(H,22,26)(H,23,24,27). The molecule has 9 nitrogen and oxygen atoms in total. The van der Waals surface area contributed by atoms with Crippen LogP contribution in [0.4, 0.5) is 11.7 Å². The monoisotopic (exact) mass is 440 g/mol. The second kappa shape index (κ2) is 8.32. The maximum absolute atomic E-state index is 12.7. The zero-order valence-electron chi connectivity index (χ0n) is 16.5. The Hall–Kier alpha value is -3.50. The van der Waals surface area contributed by atoms with Crippen LogP contribution >= 0.6 is 0 Å². The van der Waals surface area contributed by atoms with Crippen molar-refractivity contribution in [3.05, 3.63) is 60.7 Å². The number of hydrogen-bond acceptors (Lipinski definition) is 6. The van der Waals surface area contributed by atoms with E-state index in [-0.39, 0.29) is 16.8 Å². The van der Waals surface area contributed by atoms with Gasteiger partial charge in [0.25, 0.3) is 5.91 Å². The van der Waals surface area contributed by atoms with Gasteiger partial charge in [0.1, 0.15) is 5.52 Å². The largest absolute Gasteiger partial charge is 0.423 e. The summed E-state index contributed by atoms with van der Waals surface area (Å²) >= 11 is 0. The van der Waals surface area contributed by atoms with Crippen molar-refractivity contribution in [3.8, 4) is 0 Å². The molecular weight excluding hydrogens is 420 g/mol. The van der Waals surface area contributed by atoms with Crippen LogP contribution in [0.5, 0.6) is 0 Å². The predicted octanol–water partition coefficient (Wildman–Crippen LogP) is 2.99. The Labute approximate surface area is 178 Å². The highest BCUT2D eigenvalue weighted by molar-refractivity contribution is 7.89. The number of sulfonamides is 1. The molecule has 2 aromatic carbocycles. The number of carbonyl (C=O) groups is 2. The molecule has 1 aromatic heterocycles. The van der Waals surface area contributed by atoms with Crippen molar-refractivity contribution in [2.75, 3.05) is 23.7 Å². The third-order valence-electron chi connectivity index (χ3n) is 4.88. The Morgan fingerprint density at radius 1 is 1.06 bits per heavy atom. The lowest BCUT2D eigenvalue weighted by atomic mass is 10.2. The van der Waals surface area contributed by atoms with Crippen LogP contribution in [0.1, 0.15) is 23.2 Å². The average Bonchev–Trinajstić information content (AvgIpc) is 3.43. The van der Waals surface area contributed by atoms with Gasteiger partial charge in [0, 0.05) is 24.3 Å². The van der Waals surface area contributed by atoms with E-state index >= 15 is 0 Å². The minimum Gasteiger partial charge on any atom is -0.423 e. The van der Waals surface area contributed by atoms with Crippen LogP contribution in [0.2, 0.25) is 0 Å². The fourth-order valence-electron chi connectivity index (χ4n) is 3.27. The molecule has 2 amide bonds. The molecule has 1 aliphatic rings. The Kier molecular flexibility index (Phi) is 5.57. The third-order valence-corrected chi connectivity index (χ3v) is 6.78. The van der Waals surface area contributed by atoms with E-state index in [1.165, 1.54) is 34.6 Å². The summed E-state index contributed by atoms with van der Waals surface area (Å²) in [5, 5.41) is 5.14. The number of hydrogen-bond donors (Lipinski definition) is 2. The van der Waals surface area contributed by atoms with Crippen molar-refractivity contribution >= 4 is 44.6 Å². The van der Waals surface area contributed by atoms with Gasteiger partial charge >= 0.3 is 6.01 Å². The summed E-state index contributed by atoms with van der Waals surface area (Å²) in [6.45, 7) is 4.40. The van der Waals surface area contributed by atoms with E-state index in [0.29, 0.717) is 35.4 Å². The van der Waals surface area contributed by atoms with Crippen molar-refractivity contribution in [3.63, 3.8) is 0 Å². The van der Waals surface area contributed by atoms with Gasteiger partial charge in [-0.25, -0.2) is 8.42 Å². The molecule has 10 heteroatoms. The summed E-state index contributed by atoms with van der Waals surface area (Å²) < 4.78 is 32.4. The molecule has 0 bridgehead atoms. The molecule has 1 aliphatic heterocycles. The summed E-state index contributed by atoms with van der Waals surface area (Å²) in [6.07, 6.45) is 2.85. The van der Waals surface area contributed by atoms with E-state index < -0.39 is 15.9 Å². The first-order valence-corrected chi connectivity index (χ1v) is 11.1. The molecule has 0 spiro atoms. The molecule has 0 unspecified atom stereocenters. The molecule has 0 saturated carbocycles. The fourth-order valence-corrected chi connectivity index (χ4v) is 4.80. The fraction of sp³-hybridized carbons (Fsp3) is 0.190. The number of anilines is 2. The molecule has 2 heterocycles. The van der Waals surface area contributed by atoms with E-state index in [1.54, 1.807) is 12.1 Å². The number of fused-ring (bicyclic) bond motifs is 1. The van der Waals surface area contributed by atoms with Crippen LogP contribution in [0, 0.1) is 0 Å². The maximum Gasteiger partial charge on any atom is 0.302 e. The minimum absolute atomic E-state index is 0.0419. The zero-order valence-corrected chi connectivity index (χ0v) is 17.3. The first-order chi connectivity index (χ1) is 14.9. The van der Waals surface area contributed by atoms with Gasteiger partial charge in [0.05, 0.1) is 4.90 Å². The first-order valence-electron chi connectivity index (χ1n) is 9.62. The molecule has 0 aliphatic carbocycles. The van der Waals surface area contributed by atoms with E-state index in [9.17, 15) is 18.0 Å². The van der Waals surface area contributed by atoms with E-state index in [1.807, 2.05) is 0 Å². The molecule has 0 radical (unpaired) electrons. The molecule has 2 N–H and O–H groups in total. The summed E-state index contributed by atoms with van der Waals surface area (Å²) in [6, 6.07) is 10.6. The smallest absolute Gasteiger partial charge is 0.302 e. The highest BCUT2D eigenvalue weighted by atomic mass is 32.2. The average molecular weight is 440 g/mol. The van der Waals surface area contributed by atoms with Crippen molar-refractivity contribution in [2.24, 2.45) is 0 Å². The Morgan fingerprint density at radius 3 is 2.45 bits per heavy atom. The summed E-state index contributed by atoms with van der Waals surface area (Å²) in [5.41, 5.74) is 1.54. The topological polar surface area (TPSA) is 122 Å². The van der Waals surface area contributed by atoms with Crippen LogP contribution in [-0.4, -0.2) is 42.6 Å². The second-order valence-corrected chi connectivity index (χ2v) is 8.92. The lowest BCUT2D eigenvalue weighted by molar-refractivity contribution is -0.111. The number of rotatable bonds is 6. The molecule has 31 heavy (non-hydrogen) atoms. The minimum atomic E-state index is -3.57. The second-order valence-electron chi connectivity index (χ2n) is 6.98. The predicted molar refractivity (Wildman–Crippen MR) is 115 cm³/mol. The van der Waals surface area contributed by atoms with Crippen LogP contribution in [0.3, 0.4) is 0 Å². The summed E-state index contributed by atoms with van der Waals surface area (Å²) in [4.78, 5) is 28.1. The molecule has 1 fully saturated rings. The maximum atomic E-state index is 12.7. The Bertz CT molecular complexity index is 1260. The van der Waals surface area contributed by atoms with Crippen molar-refractivity contribution in [1.82, 2.24) is 9.29 Å². The lowest BCUT2D eigenvalue weighted by Crippen LogP contribution is -2.27. The Morgan fingerprint density at radius 2 is 1.77 bits per heavy atom. The van der Waals surface area contributed by atoms with Crippen molar-refractivity contribution in [2.45, 2.75) is 17.7 Å². The molecular formula is C21H20N4O5S. The summed E-state index contributed by atoms with van der Waals surface area (Å²) in [7, 11) is -3.57. The zero-order chi connectivity index (χ0) is 22.0. The van der Waals surface area contributed by atoms with Gasteiger partial charge in [0.15, 0.2) is 5.58 Å². The van der Waals surface area contributed by atoms with Gasteiger partial charge in [0.2, 0.25) is 15.9 Å². The van der Waals surface area contributed by atoms with E-state index in [0.717, 1.165) is 18.9 Å². The van der Waals surface area contributed by atoms with E-state index in [4.69, 9.17) is 4.42 Å². The quantitative estimate of drug-likeness (QED) is 0.568. The van der Waals surface area contributed by atoms with Gasteiger partial charge in [-0.2, -0.15) is 9.29 Å². The van der Waals surface area contributed by atoms with Gasteiger partial charge < -0.3 is 9.73 Å². The highest BCUT2D eigenvalue weighted by Crippen LogP contribution is 2.26. The van der Waals surface area contributed by atoms with Gasteiger partial charge in [-0.3, -0.25) is 14.9 Å². The Balaban J connectivity index is 1.50. The SMILES string of the molecule is C=CC(=O)Nc1ccc(C(=O)Nc2nc3cc(S(=O)(=O)N4CCCC4)ccc3o2)cc1. The molecule has 160 valence electrons. The van der Waals surface area contributed by atoms with Crippen molar-refractivity contribution < 1.29 is 22.4 Å². The van der Waals surface area contributed by atoms with Gasteiger partial charge in [-0.15, -0.1) is 0 Å². The molecule has 0 atom stereocenters.